The molecule has 5 heteroatoms. The molecule has 6 aliphatic rings. The van der Waals surface area contributed by atoms with E-state index in [1.165, 1.54) is 0 Å². The maximum atomic E-state index is 12.2. The van der Waals surface area contributed by atoms with Crippen LogP contribution in [-0.2, 0) is 9.47 Å². The lowest BCUT2D eigenvalue weighted by molar-refractivity contribution is -0.300. The Balaban J connectivity index is 1.34. The summed E-state index contributed by atoms with van der Waals surface area (Å²) in [4.78, 5) is 0. The SMILES string of the molecule is C[C@H]1C[C@@]2(O[C@@H]3C[C@H]4[C@@H]5CC[C@H]6C[C@H](O)CC[C@]6(C)[C@H]5[C@@H](O)C[C@]4(C)[C@H]3[C@@]2(C)O)OC1(C)C. The Hall–Kier alpha value is -0.200. The van der Waals surface area contributed by atoms with E-state index in [0.717, 1.165) is 51.4 Å². The molecule has 0 bridgehead atoms. The Morgan fingerprint density at radius 1 is 0.879 bits per heavy atom. The van der Waals surface area contributed by atoms with Crippen LogP contribution in [0.15, 0.2) is 0 Å². The summed E-state index contributed by atoms with van der Waals surface area (Å²) in [5.74, 6) is 1.08. The van der Waals surface area contributed by atoms with E-state index in [9.17, 15) is 15.3 Å². The molecule has 0 unspecified atom stereocenters. The highest BCUT2D eigenvalue weighted by atomic mass is 16.7. The van der Waals surface area contributed by atoms with Crippen molar-refractivity contribution in [1.29, 1.82) is 0 Å². The molecule has 0 aromatic heterocycles. The Morgan fingerprint density at radius 3 is 2.27 bits per heavy atom. The van der Waals surface area contributed by atoms with Crippen molar-refractivity contribution < 1.29 is 24.8 Å². The average Bonchev–Trinajstić information content (AvgIpc) is 3.20. The van der Waals surface area contributed by atoms with E-state index in [0.29, 0.717) is 29.6 Å². The van der Waals surface area contributed by atoms with Crippen LogP contribution in [0.4, 0.5) is 0 Å². The number of hydrogen-bond donors (Lipinski definition) is 3. The second-order valence-corrected chi connectivity index (χ2v) is 14.4. The summed E-state index contributed by atoms with van der Waals surface area (Å²) in [6, 6.07) is 0. The lowest BCUT2D eigenvalue weighted by Gasteiger charge is -2.63. The highest BCUT2D eigenvalue weighted by Gasteiger charge is 2.77. The monoisotopic (exact) mass is 462 g/mol. The summed E-state index contributed by atoms with van der Waals surface area (Å²) in [5.41, 5.74) is -1.45. The molecule has 6 fully saturated rings. The lowest BCUT2D eigenvalue weighted by Crippen LogP contribution is -2.62. The average molecular weight is 463 g/mol. The van der Waals surface area contributed by atoms with E-state index in [-0.39, 0.29) is 40.7 Å². The van der Waals surface area contributed by atoms with Crippen LogP contribution >= 0.6 is 0 Å². The van der Waals surface area contributed by atoms with Gasteiger partial charge in [-0.05, 0) is 106 Å². The van der Waals surface area contributed by atoms with Gasteiger partial charge in [-0.3, -0.25) is 0 Å². The van der Waals surface area contributed by atoms with E-state index >= 15 is 0 Å². The van der Waals surface area contributed by atoms with Crippen molar-refractivity contribution in [3.63, 3.8) is 0 Å². The van der Waals surface area contributed by atoms with Gasteiger partial charge in [0.25, 0.3) is 0 Å². The largest absolute Gasteiger partial charge is 0.393 e. The van der Waals surface area contributed by atoms with Crippen molar-refractivity contribution in [3.8, 4) is 0 Å². The highest BCUT2D eigenvalue weighted by molar-refractivity contribution is 5.22. The fourth-order valence-corrected chi connectivity index (χ4v) is 10.7. The second-order valence-electron chi connectivity index (χ2n) is 14.4. The van der Waals surface area contributed by atoms with Crippen molar-refractivity contribution in [2.75, 3.05) is 0 Å². The first-order valence-electron chi connectivity index (χ1n) is 13.7. The molecule has 0 aromatic carbocycles. The number of hydrogen-bond acceptors (Lipinski definition) is 5. The van der Waals surface area contributed by atoms with E-state index < -0.39 is 11.4 Å². The van der Waals surface area contributed by atoms with Gasteiger partial charge in [0.15, 0.2) is 5.79 Å². The summed E-state index contributed by atoms with van der Waals surface area (Å²) in [6.45, 7) is 13.1. The van der Waals surface area contributed by atoms with Crippen LogP contribution in [0.2, 0.25) is 0 Å². The molecule has 2 saturated heterocycles. The molecule has 0 radical (unpaired) electrons. The van der Waals surface area contributed by atoms with Crippen molar-refractivity contribution in [1.82, 2.24) is 0 Å². The van der Waals surface area contributed by atoms with Crippen LogP contribution in [0, 0.1) is 46.3 Å². The van der Waals surface area contributed by atoms with E-state index in [2.05, 4.69) is 34.6 Å². The molecule has 188 valence electrons. The smallest absolute Gasteiger partial charge is 0.198 e. The van der Waals surface area contributed by atoms with Gasteiger partial charge in [0.05, 0.1) is 23.9 Å². The third-order valence-electron chi connectivity index (χ3n) is 12.5. The molecule has 1 spiro atoms. The minimum Gasteiger partial charge on any atom is -0.393 e. The van der Waals surface area contributed by atoms with Crippen molar-refractivity contribution in [3.05, 3.63) is 0 Å². The molecule has 0 amide bonds. The summed E-state index contributed by atoms with van der Waals surface area (Å²) < 4.78 is 13.3. The lowest BCUT2D eigenvalue weighted by atomic mass is 9.43. The maximum absolute atomic E-state index is 12.2. The van der Waals surface area contributed by atoms with Crippen LogP contribution in [0.3, 0.4) is 0 Å². The predicted molar refractivity (Wildman–Crippen MR) is 125 cm³/mol. The second kappa shape index (κ2) is 6.76. The zero-order valence-electron chi connectivity index (χ0n) is 21.5. The van der Waals surface area contributed by atoms with E-state index in [1.54, 1.807) is 0 Å². The van der Waals surface area contributed by atoms with E-state index in [4.69, 9.17) is 9.47 Å². The third kappa shape index (κ3) is 2.78. The van der Waals surface area contributed by atoms with Gasteiger partial charge >= 0.3 is 0 Å². The van der Waals surface area contributed by atoms with E-state index in [1.807, 2.05) is 6.92 Å². The topological polar surface area (TPSA) is 79.2 Å². The van der Waals surface area contributed by atoms with Crippen LogP contribution in [0.1, 0.15) is 92.9 Å². The summed E-state index contributed by atoms with van der Waals surface area (Å²) in [7, 11) is 0. The van der Waals surface area contributed by atoms with Gasteiger partial charge in [-0.2, -0.15) is 0 Å². The Labute approximate surface area is 199 Å². The summed E-state index contributed by atoms with van der Waals surface area (Å²) in [5, 5.41) is 34.2. The quantitative estimate of drug-likeness (QED) is 0.501. The summed E-state index contributed by atoms with van der Waals surface area (Å²) >= 11 is 0. The predicted octanol–water partition coefficient (Wildman–Crippen LogP) is 4.27. The van der Waals surface area contributed by atoms with Gasteiger partial charge in [0.2, 0.25) is 0 Å². The third-order valence-corrected chi connectivity index (χ3v) is 12.5. The minimum absolute atomic E-state index is 0.0132. The molecule has 13 atom stereocenters. The van der Waals surface area contributed by atoms with Crippen LogP contribution in [-0.4, -0.2) is 50.6 Å². The number of rotatable bonds is 0. The standard InChI is InChI=1S/C28H46O5/c1-15-13-28(33-24(15,2)3)27(6,31)23-21(32-28)12-19-18-8-7-16-11-17(29)9-10-25(16,4)22(18)20(30)14-26(19,23)5/h15-23,29-31H,7-14H2,1-6H3/t15-,16-,17+,18-,19-,20-,21+,22+,23-,25-,26-,27+,28+/m0/s1. The van der Waals surface area contributed by atoms with Crippen LogP contribution < -0.4 is 0 Å². The van der Waals surface area contributed by atoms with Crippen molar-refractivity contribution >= 4 is 0 Å². The zero-order valence-corrected chi connectivity index (χ0v) is 21.5. The first kappa shape index (κ1) is 23.2. The molecule has 0 aromatic rings. The number of ether oxygens (including phenoxy) is 2. The molecular weight excluding hydrogens is 416 g/mol. The maximum Gasteiger partial charge on any atom is 0.198 e. The van der Waals surface area contributed by atoms with Gasteiger partial charge in [-0.15, -0.1) is 0 Å². The summed E-state index contributed by atoms with van der Waals surface area (Å²) in [6.07, 6.45) is 6.94. The molecule has 5 nitrogen and oxygen atoms in total. The number of fused-ring (bicyclic) bond motifs is 7. The fourth-order valence-electron chi connectivity index (χ4n) is 10.7. The van der Waals surface area contributed by atoms with Crippen molar-refractivity contribution in [2.45, 2.75) is 128 Å². The molecule has 2 aliphatic heterocycles. The first-order valence-corrected chi connectivity index (χ1v) is 13.7. The highest BCUT2D eigenvalue weighted by Crippen LogP contribution is 2.72. The van der Waals surface area contributed by atoms with Gasteiger partial charge in [0, 0.05) is 12.3 Å². The Bertz CT molecular complexity index is 825. The molecule has 2 heterocycles. The molecule has 33 heavy (non-hydrogen) atoms. The molecule has 4 saturated carbocycles. The van der Waals surface area contributed by atoms with Crippen LogP contribution in [0.5, 0.6) is 0 Å². The molecule has 6 rings (SSSR count). The molecular formula is C28H46O5. The minimum atomic E-state index is -1.08. The number of aliphatic hydroxyl groups excluding tert-OH is 2. The first-order chi connectivity index (χ1) is 15.3. The molecule has 4 aliphatic carbocycles. The van der Waals surface area contributed by atoms with Gasteiger partial charge in [-0.25, -0.2) is 0 Å². The Morgan fingerprint density at radius 2 is 1.61 bits per heavy atom. The van der Waals surface area contributed by atoms with Gasteiger partial charge in [0.1, 0.15) is 5.60 Å². The van der Waals surface area contributed by atoms with Gasteiger partial charge < -0.3 is 24.8 Å². The van der Waals surface area contributed by atoms with Crippen molar-refractivity contribution in [2.24, 2.45) is 46.3 Å². The number of aliphatic hydroxyl groups is 3. The zero-order chi connectivity index (χ0) is 23.8. The normalized spacial score (nSPS) is 63.7. The van der Waals surface area contributed by atoms with Gasteiger partial charge in [-0.1, -0.05) is 20.8 Å². The Kier molecular flexibility index (Phi) is 4.76. The molecule has 3 N–H and O–H groups in total. The van der Waals surface area contributed by atoms with Crippen LogP contribution in [0.25, 0.3) is 0 Å². The fraction of sp³-hybridized carbons (Fsp3) is 1.00.